The summed E-state index contributed by atoms with van der Waals surface area (Å²) in [5.41, 5.74) is 3.15. The van der Waals surface area contributed by atoms with Gasteiger partial charge in [-0.2, -0.15) is 0 Å². The Morgan fingerprint density at radius 3 is 2.12 bits per heavy atom. The van der Waals surface area contributed by atoms with Crippen molar-refractivity contribution < 1.29 is 14.6 Å². The van der Waals surface area contributed by atoms with Gasteiger partial charge in [-0.3, -0.25) is 0 Å². The van der Waals surface area contributed by atoms with Gasteiger partial charge >= 0.3 is 0 Å². The van der Waals surface area contributed by atoms with Crippen molar-refractivity contribution in [2.24, 2.45) is 0 Å². The van der Waals surface area contributed by atoms with Crippen LogP contribution in [0.4, 0.5) is 0 Å². The first-order valence-corrected chi connectivity index (χ1v) is 7.89. The molecule has 0 amide bonds. The SMILES string of the molecule is Cc1ccc(Oc2cccc(OCc3ccc(CO)cc3)c2)cc1. The topological polar surface area (TPSA) is 38.7 Å². The van der Waals surface area contributed by atoms with Gasteiger partial charge in [0.05, 0.1) is 6.61 Å². The summed E-state index contributed by atoms with van der Waals surface area (Å²) < 4.78 is 11.7. The molecular formula is C21H20O3. The van der Waals surface area contributed by atoms with E-state index in [1.54, 1.807) is 0 Å². The fourth-order valence-corrected chi connectivity index (χ4v) is 2.28. The van der Waals surface area contributed by atoms with E-state index >= 15 is 0 Å². The van der Waals surface area contributed by atoms with Gasteiger partial charge in [0.15, 0.2) is 0 Å². The lowest BCUT2D eigenvalue weighted by Crippen LogP contribution is -1.96. The molecule has 1 N–H and O–H groups in total. The van der Waals surface area contributed by atoms with E-state index in [1.165, 1.54) is 5.56 Å². The van der Waals surface area contributed by atoms with Crippen LogP contribution in [-0.4, -0.2) is 5.11 Å². The van der Waals surface area contributed by atoms with E-state index in [-0.39, 0.29) is 6.61 Å². The highest BCUT2D eigenvalue weighted by Gasteiger charge is 2.01. The van der Waals surface area contributed by atoms with Crippen LogP contribution in [-0.2, 0) is 13.2 Å². The first kappa shape index (κ1) is 16.1. The molecule has 3 nitrogen and oxygen atoms in total. The zero-order valence-electron chi connectivity index (χ0n) is 13.6. The quantitative estimate of drug-likeness (QED) is 0.705. The molecule has 0 bridgehead atoms. The molecule has 122 valence electrons. The Morgan fingerprint density at radius 2 is 1.42 bits per heavy atom. The van der Waals surface area contributed by atoms with Crippen LogP contribution in [0.2, 0.25) is 0 Å². The molecule has 24 heavy (non-hydrogen) atoms. The van der Waals surface area contributed by atoms with Crippen molar-refractivity contribution in [3.63, 3.8) is 0 Å². The van der Waals surface area contributed by atoms with E-state index in [2.05, 4.69) is 0 Å². The van der Waals surface area contributed by atoms with Gasteiger partial charge in [-0.25, -0.2) is 0 Å². The van der Waals surface area contributed by atoms with Gasteiger partial charge in [0.2, 0.25) is 0 Å². The predicted molar refractivity (Wildman–Crippen MR) is 94.4 cm³/mol. The fourth-order valence-electron chi connectivity index (χ4n) is 2.28. The largest absolute Gasteiger partial charge is 0.489 e. The third kappa shape index (κ3) is 4.37. The van der Waals surface area contributed by atoms with E-state index in [1.807, 2.05) is 79.7 Å². The van der Waals surface area contributed by atoms with Crippen LogP contribution in [0.3, 0.4) is 0 Å². The molecule has 0 aliphatic carbocycles. The van der Waals surface area contributed by atoms with Gasteiger partial charge < -0.3 is 14.6 Å². The highest BCUT2D eigenvalue weighted by atomic mass is 16.5. The zero-order chi connectivity index (χ0) is 16.8. The molecule has 0 saturated heterocycles. The highest BCUT2D eigenvalue weighted by Crippen LogP contribution is 2.26. The minimum Gasteiger partial charge on any atom is -0.489 e. The molecule has 0 atom stereocenters. The summed E-state index contributed by atoms with van der Waals surface area (Å²) in [7, 11) is 0. The van der Waals surface area contributed by atoms with Gasteiger partial charge in [-0.15, -0.1) is 0 Å². The maximum atomic E-state index is 9.06. The van der Waals surface area contributed by atoms with Crippen LogP contribution in [0, 0.1) is 6.92 Å². The lowest BCUT2D eigenvalue weighted by Gasteiger charge is -2.10. The third-order valence-electron chi connectivity index (χ3n) is 3.67. The number of hydrogen-bond acceptors (Lipinski definition) is 3. The van der Waals surface area contributed by atoms with Crippen molar-refractivity contribution in [1.82, 2.24) is 0 Å². The van der Waals surface area contributed by atoms with Crippen LogP contribution >= 0.6 is 0 Å². The lowest BCUT2D eigenvalue weighted by molar-refractivity contribution is 0.281. The molecule has 0 spiro atoms. The van der Waals surface area contributed by atoms with Gasteiger partial charge in [0.25, 0.3) is 0 Å². The molecule has 0 unspecified atom stereocenters. The summed E-state index contributed by atoms with van der Waals surface area (Å²) in [5, 5.41) is 9.06. The van der Waals surface area contributed by atoms with Crippen molar-refractivity contribution in [3.05, 3.63) is 89.5 Å². The zero-order valence-corrected chi connectivity index (χ0v) is 13.6. The first-order valence-electron chi connectivity index (χ1n) is 7.89. The second kappa shape index (κ2) is 7.66. The summed E-state index contributed by atoms with van der Waals surface area (Å²) >= 11 is 0. The molecule has 0 aliphatic rings. The number of rotatable bonds is 6. The number of aliphatic hydroxyl groups excluding tert-OH is 1. The number of benzene rings is 3. The minimum absolute atomic E-state index is 0.0551. The van der Waals surface area contributed by atoms with Crippen LogP contribution in [0.25, 0.3) is 0 Å². The molecule has 0 aromatic heterocycles. The van der Waals surface area contributed by atoms with Crippen LogP contribution in [0.5, 0.6) is 17.2 Å². The molecule has 0 aliphatic heterocycles. The van der Waals surface area contributed by atoms with Gasteiger partial charge in [0.1, 0.15) is 23.9 Å². The average Bonchev–Trinajstić information content (AvgIpc) is 2.63. The summed E-state index contributed by atoms with van der Waals surface area (Å²) in [5.74, 6) is 2.30. The lowest BCUT2D eigenvalue weighted by atomic mass is 10.1. The van der Waals surface area contributed by atoms with Crippen molar-refractivity contribution in [2.45, 2.75) is 20.1 Å². The fraction of sp³-hybridized carbons (Fsp3) is 0.143. The Hall–Kier alpha value is -2.78. The monoisotopic (exact) mass is 320 g/mol. The van der Waals surface area contributed by atoms with Crippen LogP contribution in [0.15, 0.2) is 72.8 Å². The second-order valence-corrected chi connectivity index (χ2v) is 5.65. The first-order chi connectivity index (χ1) is 11.7. The van der Waals surface area contributed by atoms with Gasteiger partial charge in [0, 0.05) is 6.07 Å². The maximum Gasteiger partial charge on any atom is 0.131 e. The molecule has 3 aromatic rings. The second-order valence-electron chi connectivity index (χ2n) is 5.65. The molecule has 0 fully saturated rings. The number of aryl methyl sites for hydroxylation is 1. The summed E-state index contributed by atoms with van der Waals surface area (Å²) in [4.78, 5) is 0. The normalized spacial score (nSPS) is 10.4. The van der Waals surface area contributed by atoms with E-state index in [0.29, 0.717) is 6.61 Å². The Labute approximate surface area is 142 Å². The number of aliphatic hydroxyl groups is 1. The molecular weight excluding hydrogens is 300 g/mol. The summed E-state index contributed by atoms with van der Waals surface area (Å²) in [6.07, 6.45) is 0. The third-order valence-corrected chi connectivity index (χ3v) is 3.67. The van der Waals surface area contributed by atoms with E-state index < -0.39 is 0 Å². The van der Waals surface area contributed by atoms with Crippen LogP contribution in [0.1, 0.15) is 16.7 Å². The Kier molecular flexibility index (Phi) is 5.14. The summed E-state index contributed by atoms with van der Waals surface area (Å²) in [6, 6.07) is 23.2. The molecule has 3 aromatic carbocycles. The minimum atomic E-state index is 0.0551. The Bertz CT molecular complexity index is 777. The van der Waals surface area contributed by atoms with Crippen molar-refractivity contribution in [2.75, 3.05) is 0 Å². The smallest absolute Gasteiger partial charge is 0.131 e. The standard InChI is InChI=1S/C21H20O3/c1-16-5-11-19(12-6-16)24-21-4-2-3-20(13-21)23-15-18-9-7-17(14-22)8-10-18/h2-13,22H,14-15H2,1H3. The maximum absolute atomic E-state index is 9.06. The van der Waals surface area contributed by atoms with Crippen molar-refractivity contribution >= 4 is 0 Å². The van der Waals surface area contributed by atoms with E-state index in [9.17, 15) is 0 Å². The van der Waals surface area contributed by atoms with E-state index in [4.69, 9.17) is 14.6 Å². The van der Waals surface area contributed by atoms with Crippen molar-refractivity contribution in [1.29, 1.82) is 0 Å². The van der Waals surface area contributed by atoms with Gasteiger partial charge in [-0.05, 0) is 42.3 Å². The number of hydrogen-bond donors (Lipinski definition) is 1. The molecule has 3 rings (SSSR count). The molecule has 0 radical (unpaired) electrons. The van der Waals surface area contributed by atoms with Crippen molar-refractivity contribution in [3.8, 4) is 17.2 Å². The van der Waals surface area contributed by atoms with E-state index in [0.717, 1.165) is 28.4 Å². The van der Waals surface area contributed by atoms with Gasteiger partial charge in [-0.1, -0.05) is 48.0 Å². The Balaban J connectivity index is 1.63. The average molecular weight is 320 g/mol. The number of ether oxygens (including phenoxy) is 2. The molecule has 0 heterocycles. The highest BCUT2D eigenvalue weighted by molar-refractivity contribution is 5.37. The summed E-state index contributed by atoms with van der Waals surface area (Å²) in [6.45, 7) is 2.57. The predicted octanol–water partition coefficient (Wildman–Crippen LogP) is 4.86. The molecule has 0 saturated carbocycles. The Morgan fingerprint density at radius 1 is 0.750 bits per heavy atom. The van der Waals surface area contributed by atoms with Crippen LogP contribution < -0.4 is 9.47 Å². The molecule has 3 heteroatoms.